The maximum atomic E-state index is 10.4. The fourth-order valence-electron chi connectivity index (χ4n) is 0.631. The Morgan fingerprint density at radius 1 is 1.60 bits per heavy atom. The molecule has 0 aromatic heterocycles. The van der Waals surface area contributed by atoms with Gasteiger partial charge in [-0.15, -0.1) is 0 Å². The van der Waals surface area contributed by atoms with E-state index >= 15 is 0 Å². The molecule has 0 aliphatic heterocycles. The first-order chi connectivity index (χ1) is 6.81. The summed E-state index contributed by atoms with van der Waals surface area (Å²) in [6.45, 7) is 8.40. The van der Waals surface area contributed by atoms with Gasteiger partial charge < -0.3 is 9.84 Å². The van der Waals surface area contributed by atoms with E-state index in [9.17, 15) is 9.90 Å². The van der Waals surface area contributed by atoms with Crippen LogP contribution in [-0.4, -0.2) is 23.3 Å². The van der Waals surface area contributed by atoms with Crippen LogP contribution in [0.2, 0.25) is 0 Å². The van der Waals surface area contributed by atoms with Crippen LogP contribution in [0, 0.1) is 11.8 Å². The standard InChI is InChI=1S/C12H16O3/c1-10(7-8-12(3,4)14)6-5-9-15-11(2)13/h5-6,14H,1,9H2,2-4H3/b6-5+. The molecule has 0 unspecified atom stereocenters. The SMILES string of the molecule is C=C(C#CC(C)(C)O)/C=C/COC(C)=O. The molecule has 0 amide bonds. The monoisotopic (exact) mass is 208 g/mol. The lowest BCUT2D eigenvalue weighted by molar-refractivity contribution is -0.139. The second-order valence-electron chi connectivity index (χ2n) is 3.54. The number of aliphatic hydroxyl groups is 1. The highest BCUT2D eigenvalue weighted by molar-refractivity contribution is 5.66. The van der Waals surface area contributed by atoms with Crippen molar-refractivity contribution < 1.29 is 14.6 Å². The van der Waals surface area contributed by atoms with Gasteiger partial charge in [0.25, 0.3) is 0 Å². The number of allylic oxidation sites excluding steroid dienone is 2. The summed E-state index contributed by atoms with van der Waals surface area (Å²) in [7, 11) is 0. The molecule has 1 N–H and O–H groups in total. The van der Waals surface area contributed by atoms with E-state index in [4.69, 9.17) is 0 Å². The molecule has 0 aromatic rings. The fraction of sp³-hybridized carbons (Fsp3) is 0.417. The summed E-state index contributed by atoms with van der Waals surface area (Å²) < 4.78 is 4.67. The Labute approximate surface area is 90.4 Å². The quantitative estimate of drug-likeness (QED) is 0.433. The Balaban J connectivity index is 4.03. The van der Waals surface area contributed by atoms with Gasteiger partial charge in [0.2, 0.25) is 0 Å². The molecule has 0 saturated carbocycles. The molecule has 0 heterocycles. The van der Waals surface area contributed by atoms with E-state index in [1.165, 1.54) is 6.92 Å². The van der Waals surface area contributed by atoms with Crippen LogP contribution in [0.4, 0.5) is 0 Å². The lowest BCUT2D eigenvalue weighted by Gasteiger charge is -2.05. The van der Waals surface area contributed by atoms with Gasteiger partial charge >= 0.3 is 5.97 Å². The zero-order chi connectivity index (χ0) is 11.9. The third kappa shape index (κ3) is 10.4. The molecule has 0 spiro atoms. The van der Waals surface area contributed by atoms with Gasteiger partial charge in [-0.25, -0.2) is 0 Å². The van der Waals surface area contributed by atoms with Gasteiger partial charge in [0.15, 0.2) is 0 Å². The van der Waals surface area contributed by atoms with E-state index in [2.05, 4.69) is 23.2 Å². The van der Waals surface area contributed by atoms with Crippen LogP contribution in [0.5, 0.6) is 0 Å². The Kier molecular flexibility index (Phi) is 5.43. The van der Waals surface area contributed by atoms with Crippen molar-refractivity contribution in [3.63, 3.8) is 0 Å². The molecule has 0 saturated heterocycles. The third-order valence-electron chi connectivity index (χ3n) is 1.23. The molecule has 82 valence electrons. The number of esters is 1. The summed E-state index contributed by atoms with van der Waals surface area (Å²) in [4.78, 5) is 10.4. The highest BCUT2D eigenvalue weighted by Crippen LogP contribution is 1.98. The Hall–Kier alpha value is -1.53. The molecular formula is C12H16O3. The summed E-state index contributed by atoms with van der Waals surface area (Å²) in [5, 5.41) is 9.30. The smallest absolute Gasteiger partial charge is 0.302 e. The van der Waals surface area contributed by atoms with E-state index in [0.717, 1.165) is 0 Å². The molecule has 3 heteroatoms. The summed E-state index contributed by atoms with van der Waals surface area (Å²) in [6, 6.07) is 0. The van der Waals surface area contributed by atoms with Crippen LogP contribution in [0.1, 0.15) is 20.8 Å². The van der Waals surface area contributed by atoms with Crippen LogP contribution in [-0.2, 0) is 9.53 Å². The summed E-state index contributed by atoms with van der Waals surface area (Å²) in [5.74, 6) is 4.98. The first-order valence-electron chi connectivity index (χ1n) is 4.55. The third-order valence-corrected chi connectivity index (χ3v) is 1.23. The van der Waals surface area contributed by atoms with Gasteiger partial charge in [-0.1, -0.05) is 18.4 Å². The van der Waals surface area contributed by atoms with Crippen LogP contribution < -0.4 is 0 Å². The van der Waals surface area contributed by atoms with E-state index in [0.29, 0.717) is 5.57 Å². The summed E-state index contributed by atoms with van der Waals surface area (Å²) in [6.07, 6.45) is 3.28. The normalized spacial score (nSPS) is 10.7. The summed E-state index contributed by atoms with van der Waals surface area (Å²) >= 11 is 0. The van der Waals surface area contributed by atoms with Crippen molar-refractivity contribution in [2.75, 3.05) is 6.61 Å². The number of rotatable bonds is 3. The minimum absolute atomic E-state index is 0.207. The molecule has 3 nitrogen and oxygen atoms in total. The van der Waals surface area contributed by atoms with Crippen LogP contribution >= 0.6 is 0 Å². The van der Waals surface area contributed by atoms with E-state index < -0.39 is 5.60 Å². The van der Waals surface area contributed by atoms with Crippen molar-refractivity contribution in [1.29, 1.82) is 0 Å². The Morgan fingerprint density at radius 3 is 2.67 bits per heavy atom. The first-order valence-corrected chi connectivity index (χ1v) is 4.55. The zero-order valence-corrected chi connectivity index (χ0v) is 9.33. The van der Waals surface area contributed by atoms with E-state index in [1.807, 2.05) is 0 Å². The number of ether oxygens (including phenoxy) is 1. The van der Waals surface area contributed by atoms with Crippen molar-refractivity contribution in [3.8, 4) is 11.8 Å². The van der Waals surface area contributed by atoms with E-state index in [-0.39, 0.29) is 12.6 Å². The molecule has 0 radical (unpaired) electrons. The van der Waals surface area contributed by atoms with Gasteiger partial charge in [-0.05, 0) is 26.0 Å². The maximum absolute atomic E-state index is 10.4. The van der Waals surface area contributed by atoms with Gasteiger partial charge in [-0.3, -0.25) is 4.79 Å². The Bertz CT molecular complexity index is 321. The maximum Gasteiger partial charge on any atom is 0.302 e. The van der Waals surface area contributed by atoms with Crippen LogP contribution in [0.3, 0.4) is 0 Å². The van der Waals surface area contributed by atoms with Gasteiger partial charge in [0, 0.05) is 12.5 Å². The average Bonchev–Trinajstić information content (AvgIpc) is 2.07. The minimum atomic E-state index is -1.02. The van der Waals surface area contributed by atoms with Gasteiger partial charge in [0.1, 0.15) is 12.2 Å². The number of carbonyl (C=O) groups excluding carboxylic acids is 1. The molecule has 0 aromatic carbocycles. The lowest BCUT2D eigenvalue weighted by Crippen LogP contribution is -2.14. The summed E-state index contributed by atoms with van der Waals surface area (Å²) in [5.41, 5.74) is -0.462. The molecular weight excluding hydrogens is 192 g/mol. The van der Waals surface area contributed by atoms with Crippen molar-refractivity contribution in [3.05, 3.63) is 24.3 Å². The number of carbonyl (C=O) groups is 1. The van der Waals surface area contributed by atoms with Gasteiger partial charge in [-0.2, -0.15) is 0 Å². The molecule has 0 aliphatic rings. The van der Waals surface area contributed by atoms with Crippen LogP contribution in [0.25, 0.3) is 0 Å². The fourth-order valence-corrected chi connectivity index (χ4v) is 0.631. The van der Waals surface area contributed by atoms with Crippen molar-refractivity contribution in [1.82, 2.24) is 0 Å². The van der Waals surface area contributed by atoms with E-state index in [1.54, 1.807) is 26.0 Å². The molecule has 0 fully saturated rings. The predicted molar refractivity (Wildman–Crippen MR) is 59.0 cm³/mol. The largest absolute Gasteiger partial charge is 0.462 e. The van der Waals surface area contributed by atoms with Crippen molar-refractivity contribution in [2.24, 2.45) is 0 Å². The second kappa shape index (κ2) is 6.05. The topological polar surface area (TPSA) is 46.5 Å². The number of hydrogen-bond donors (Lipinski definition) is 1. The first kappa shape index (κ1) is 13.5. The highest BCUT2D eigenvalue weighted by atomic mass is 16.5. The molecule has 0 atom stereocenters. The van der Waals surface area contributed by atoms with Crippen molar-refractivity contribution >= 4 is 5.97 Å². The number of hydrogen-bond acceptors (Lipinski definition) is 3. The predicted octanol–water partition coefficient (Wildman–Crippen LogP) is 1.44. The van der Waals surface area contributed by atoms with Crippen LogP contribution in [0.15, 0.2) is 24.3 Å². The average molecular weight is 208 g/mol. The molecule has 0 rings (SSSR count). The zero-order valence-electron chi connectivity index (χ0n) is 9.33. The second-order valence-corrected chi connectivity index (χ2v) is 3.54. The molecule has 0 bridgehead atoms. The lowest BCUT2D eigenvalue weighted by atomic mass is 10.1. The molecule has 15 heavy (non-hydrogen) atoms. The van der Waals surface area contributed by atoms with Gasteiger partial charge in [0.05, 0.1) is 0 Å². The Morgan fingerprint density at radius 2 is 2.20 bits per heavy atom. The highest BCUT2D eigenvalue weighted by Gasteiger charge is 2.05. The molecule has 0 aliphatic carbocycles. The minimum Gasteiger partial charge on any atom is -0.462 e. The van der Waals surface area contributed by atoms with Crippen molar-refractivity contribution in [2.45, 2.75) is 26.4 Å².